The summed E-state index contributed by atoms with van der Waals surface area (Å²) in [5.74, 6) is -0.0538. The lowest BCUT2D eigenvalue weighted by molar-refractivity contribution is 0.102. The summed E-state index contributed by atoms with van der Waals surface area (Å²) in [5.41, 5.74) is 2.43. The number of nitrogens with one attached hydrogen (secondary N) is 1. The quantitative estimate of drug-likeness (QED) is 0.867. The number of anilines is 1. The van der Waals surface area contributed by atoms with Crippen molar-refractivity contribution in [3.05, 3.63) is 59.7 Å². The van der Waals surface area contributed by atoms with Gasteiger partial charge in [0, 0.05) is 17.3 Å². The predicted octanol–water partition coefficient (Wildman–Crippen LogP) is 3.94. The summed E-state index contributed by atoms with van der Waals surface area (Å²) >= 11 is 0. The van der Waals surface area contributed by atoms with Crippen molar-refractivity contribution in [2.45, 2.75) is 26.2 Å². The molecule has 0 heterocycles. The van der Waals surface area contributed by atoms with Crippen LogP contribution in [0.15, 0.2) is 48.5 Å². The molecule has 3 nitrogen and oxygen atoms in total. The fraction of sp³-hybridized carbons (Fsp3) is 0.235. The molecule has 0 saturated heterocycles. The van der Waals surface area contributed by atoms with Crippen LogP contribution in [-0.4, -0.2) is 11.0 Å². The fourth-order valence-electron chi connectivity index (χ4n) is 1.91. The second-order valence-corrected chi connectivity index (χ2v) is 5.83. The highest BCUT2D eigenvalue weighted by atomic mass is 16.3. The van der Waals surface area contributed by atoms with E-state index >= 15 is 0 Å². The number of amides is 1. The van der Waals surface area contributed by atoms with Crippen molar-refractivity contribution in [3.63, 3.8) is 0 Å². The van der Waals surface area contributed by atoms with Gasteiger partial charge in [-0.15, -0.1) is 0 Å². The lowest BCUT2D eigenvalue weighted by atomic mass is 9.87. The van der Waals surface area contributed by atoms with Crippen LogP contribution in [-0.2, 0) is 5.41 Å². The van der Waals surface area contributed by atoms with E-state index in [1.165, 1.54) is 11.6 Å². The molecule has 1 amide bonds. The van der Waals surface area contributed by atoms with E-state index in [0.717, 1.165) is 0 Å². The van der Waals surface area contributed by atoms with Gasteiger partial charge in [0.1, 0.15) is 5.75 Å². The van der Waals surface area contributed by atoms with Gasteiger partial charge < -0.3 is 10.4 Å². The van der Waals surface area contributed by atoms with Crippen LogP contribution in [0.3, 0.4) is 0 Å². The number of carbonyl (C=O) groups is 1. The van der Waals surface area contributed by atoms with Gasteiger partial charge in [0.2, 0.25) is 0 Å². The summed E-state index contributed by atoms with van der Waals surface area (Å²) in [6.45, 7) is 6.40. The largest absolute Gasteiger partial charge is 0.508 e. The molecular formula is C17H19NO2. The summed E-state index contributed by atoms with van der Waals surface area (Å²) in [5, 5.41) is 12.1. The summed E-state index contributed by atoms with van der Waals surface area (Å²) < 4.78 is 0. The Balaban J connectivity index is 2.14. The molecule has 0 bridgehead atoms. The first-order valence-corrected chi connectivity index (χ1v) is 6.57. The minimum absolute atomic E-state index is 0.0697. The Morgan fingerprint density at radius 2 is 1.70 bits per heavy atom. The van der Waals surface area contributed by atoms with Crippen LogP contribution >= 0.6 is 0 Å². The van der Waals surface area contributed by atoms with Crippen LogP contribution in [0.1, 0.15) is 36.7 Å². The van der Waals surface area contributed by atoms with Crippen LogP contribution in [0.2, 0.25) is 0 Å². The predicted molar refractivity (Wildman–Crippen MR) is 81.2 cm³/mol. The van der Waals surface area contributed by atoms with Gasteiger partial charge >= 0.3 is 0 Å². The monoisotopic (exact) mass is 269 g/mol. The minimum atomic E-state index is -0.184. The van der Waals surface area contributed by atoms with Gasteiger partial charge in [-0.3, -0.25) is 4.79 Å². The van der Waals surface area contributed by atoms with E-state index in [2.05, 4.69) is 26.1 Å². The molecule has 0 aromatic heterocycles. The van der Waals surface area contributed by atoms with Crippen LogP contribution in [0.5, 0.6) is 5.75 Å². The zero-order chi connectivity index (χ0) is 14.8. The molecule has 2 aromatic rings. The Labute approximate surface area is 119 Å². The number of hydrogen-bond donors (Lipinski definition) is 2. The second-order valence-electron chi connectivity index (χ2n) is 5.83. The Hall–Kier alpha value is -2.29. The van der Waals surface area contributed by atoms with Gasteiger partial charge in [0.25, 0.3) is 5.91 Å². The third-order valence-electron chi connectivity index (χ3n) is 3.12. The van der Waals surface area contributed by atoms with Crippen LogP contribution in [0.4, 0.5) is 5.69 Å². The standard InChI is InChI=1S/C17H19NO2/c1-17(2,3)13-9-7-12(8-10-13)16(20)18-14-5-4-6-15(19)11-14/h4-11,19H,1-3H3,(H,18,20). The maximum Gasteiger partial charge on any atom is 0.255 e. The van der Waals surface area contributed by atoms with Gasteiger partial charge in [-0.1, -0.05) is 39.0 Å². The van der Waals surface area contributed by atoms with E-state index in [0.29, 0.717) is 11.3 Å². The van der Waals surface area contributed by atoms with Crippen molar-refractivity contribution in [1.29, 1.82) is 0 Å². The van der Waals surface area contributed by atoms with Crippen molar-refractivity contribution < 1.29 is 9.90 Å². The van der Waals surface area contributed by atoms with Crippen LogP contribution in [0.25, 0.3) is 0 Å². The van der Waals surface area contributed by atoms with Crippen molar-refractivity contribution in [1.82, 2.24) is 0 Å². The van der Waals surface area contributed by atoms with Crippen molar-refractivity contribution in [3.8, 4) is 5.75 Å². The van der Waals surface area contributed by atoms with E-state index in [1.54, 1.807) is 18.2 Å². The maximum absolute atomic E-state index is 12.1. The van der Waals surface area contributed by atoms with E-state index < -0.39 is 0 Å². The number of phenolic OH excluding ortho intramolecular Hbond substituents is 1. The first-order valence-electron chi connectivity index (χ1n) is 6.57. The Morgan fingerprint density at radius 3 is 2.25 bits per heavy atom. The Bertz CT molecular complexity index is 610. The summed E-state index contributed by atoms with van der Waals surface area (Å²) in [6, 6.07) is 14.1. The lowest BCUT2D eigenvalue weighted by Gasteiger charge is -2.19. The molecule has 2 aromatic carbocycles. The molecule has 0 saturated carbocycles. The highest BCUT2D eigenvalue weighted by Gasteiger charge is 2.14. The molecule has 0 spiro atoms. The third kappa shape index (κ3) is 3.38. The number of hydrogen-bond acceptors (Lipinski definition) is 2. The Kier molecular flexibility index (Phi) is 3.79. The molecule has 0 radical (unpaired) electrons. The first kappa shape index (κ1) is 14.1. The SMILES string of the molecule is CC(C)(C)c1ccc(C(=O)Nc2cccc(O)c2)cc1. The van der Waals surface area contributed by atoms with Gasteiger partial charge in [-0.25, -0.2) is 0 Å². The number of benzene rings is 2. The summed E-state index contributed by atoms with van der Waals surface area (Å²) in [7, 11) is 0. The second kappa shape index (κ2) is 5.37. The molecule has 20 heavy (non-hydrogen) atoms. The average molecular weight is 269 g/mol. The van der Waals surface area contributed by atoms with Gasteiger partial charge in [0.15, 0.2) is 0 Å². The maximum atomic E-state index is 12.1. The fourth-order valence-corrected chi connectivity index (χ4v) is 1.91. The van der Waals surface area contributed by atoms with E-state index in [1.807, 2.05) is 24.3 Å². The molecule has 0 unspecified atom stereocenters. The molecular weight excluding hydrogens is 250 g/mol. The van der Waals surface area contributed by atoms with Crippen LogP contribution < -0.4 is 5.32 Å². The number of phenols is 1. The summed E-state index contributed by atoms with van der Waals surface area (Å²) in [6.07, 6.45) is 0. The van der Waals surface area contributed by atoms with Crippen molar-refractivity contribution in [2.75, 3.05) is 5.32 Å². The number of rotatable bonds is 2. The molecule has 2 rings (SSSR count). The van der Waals surface area contributed by atoms with Gasteiger partial charge in [0.05, 0.1) is 0 Å². The molecule has 104 valence electrons. The normalized spacial score (nSPS) is 11.2. The van der Waals surface area contributed by atoms with Gasteiger partial charge in [-0.05, 0) is 35.2 Å². The molecule has 0 fully saturated rings. The van der Waals surface area contributed by atoms with Crippen molar-refractivity contribution >= 4 is 11.6 Å². The topological polar surface area (TPSA) is 49.3 Å². The highest BCUT2D eigenvalue weighted by Crippen LogP contribution is 2.22. The molecule has 3 heteroatoms. The van der Waals surface area contributed by atoms with E-state index in [9.17, 15) is 9.90 Å². The average Bonchev–Trinajstić information content (AvgIpc) is 2.38. The van der Waals surface area contributed by atoms with Crippen molar-refractivity contribution in [2.24, 2.45) is 0 Å². The van der Waals surface area contributed by atoms with E-state index in [4.69, 9.17) is 0 Å². The first-order chi connectivity index (χ1) is 9.36. The highest BCUT2D eigenvalue weighted by molar-refractivity contribution is 6.04. The Morgan fingerprint density at radius 1 is 1.05 bits per heavy atom. The number of carbonyl (C=O) groups excluding carboxylic acids is 1. The minimum Gasteiger partial charge on any atom is -0.508 e. The molecule has 0 aliphatic rings. The zero-order valence-electron chi connectivity index (χ0n) is 12.0. The zero-order valence-corrected chi connectivity index (χ0v) is 12.0. The smallest absolute Gasteiger partial charge is 0.255 e. The van der Waals surface area contributed by atoms with E-state index in [-0.39, 0.29) is 17.1 Å². The lowest BCUT2D eigenvalue weighted by Crippen LogP contribution is -2.14. The summed E-state index contributed by atoms with van der Waals surface area (Å²) in [4.78, 5) is 12.1. The third-order valence-corrected chi connectivity index (χ3v) is 3.12. The number of aromatic hydroxyl groups is 1. The molecule has 2 N–H and O–H groups in total. The molecule has 0 atom stereocenters. The molecule has 0 aliphatic heterocycles. The molecule has 0 aliphatic carbocycles. The van der Waals surface area contributed by atoms with Gasteiger partial charge in [-0.2, -0.15) is 0 Å². The van der Waals surface area contributed by atoms with Crippen LogP contribution in [0, 0.1) is 0 Å².